The van der Waals surface area contributed by atoms with Gasteiger partial charge in [0.2, 0.25) is 5.91 Å². The lowest BCUT2D eigenvalue weighted by Gasteiger charge is -2.29. The number of nitrogens with zero attached hydrogens (tertiary/aromatic N) is 2. The number of aryl methyl sites for hydroxylation is 1. The van der Waals surface area contributed by atoms with E-state index in [1.165, 1.54) is 11.5 Å². The van der Waals surface area contributed by atoms with E-state index in [2.05, 4.69) is 21.6 Å². The molecule has 112 valence electrons. The highest BCUT2D eigenvalue weighted by molar-refractivity contribution is 8.01. The van der Waals surface area contributed by atoms with Gasteiger partial charge in [0.1, 0.15) is 5.82 Å². The summed E-state index contributed by atoms with van der Waals surface area (Å²) < 4.78 is 5.30. The fourth-order valence-electron chi connectivity index (χ4n) is 2.65. The summed E-state index contributed by atoms with van der Waals surface area (Å²) in [5.41, 5.74) is 5.07. The number of hydrogen-bond acceptors (Lipinski definition) is 6. The van der Waals surface area contributed by atoms with Crippen LogP contribution in [0.2, 0.25) is 0 Å². The number of aromatic nitrogens is 2. The van der Waals surface area contributed by atoms with E-state index in [9.17, 15) is 4.79 Å². The number of rotatable bonds is 6. The maximum atomic E-state index is 11.8. The second kappa shape index (κ2) is 6.41. The third-order valence-corrected chi connectivity index (χ3v) is 5.63. The molecule has 0 saturated heterocycles. The molecule has 1 aliphatic rings. The molecular formula is C13H22N4OS2. The van der Waals surface area contributed by atoms with Crippen LogP contribution in [-0.4, -0.2) is 32.1 Å². The van der Waals surface area contributed by atoms with Crippen molar-refractivity contribution >= 4 is 29.2 Å². The largest absolute Gasteiger partial charge is 0.368 e. The fraction of sp³-hybridized carbons (Fsp3) is 0.769. The van der Waals surface area contributed by atoms with Crippen LogP contribution in [0.1, 0.15) is 45.9 Å². The van der Waals surface area contributed by atoms with Gasteiger partial charge in [0, 0.05) is 17.7 Å². The lowest BCUT2D eigenvalue weighted by Crippen LogP contribution is -2.56. The first kappa shape index (κ1) is 15.7. The highest BCUT2D eigenvalue weighted by Crippen LogP contribution is 2.40. The normalized spacial score (nSPS) is 26.3. The highest BCUT2D eigenvalue weighted by atomic mass is 32.2. The van der Waals surface area contributed by atoms with Crippen molar-refractivity contribution in [1.82, 2.24) is 14.7 Å². The molecule has 5 nitrogen and oxygen atoms in total. The molecule has 0 spiro atoms. The fourth-order valence-corrected chi connectivity index (χ4v) is 4.89. The lowest BCUT2D eigenvalue weighted by atomic mass is 9.96. The van der Waals surface area contributed by atoms with E-state index in [1.807, 2.05) is 13.8 Å². The number of primary amides is 1. The summed E-state index contributed by atoms with van der Waals surface area (Å²) in [6.07, 6.45) is 3.42. The van der Waals surface area contributed by atoms with Crippen molar-refractivity contribution in [3.8, 4) is 0 Å². The van der Waals surface area contributed by atoms with E-state index in [1.54, 1.807) is 11.8 Å². The Labute approximate surface area is 128 Å². The molecule has 1 aliphatic carbocycles. The monoisotopic (exact) mass is 314 g/mol. The molecule has 1 aromatic rings. The van der Waals surface area contributed by atoms with Gasteiger partial charge in [-0.05, 0) is 44.6 Å². The molecule has 1 amide bonds. The molecule has 0 radical (unpaired) electrons. The van der Waals surface area contributed by atoms with Crippen molar-refractivity contribution in [2.24, 2.45) is 5.73 Å². The molecule has 7 heteroatoms. The number of hydrogen-bond donors (Lipinski definition) is 2. The molecule has 2 rings (SSSR count). The number of nitrogens with two attached hydrogens (primary N) is 1. The maximum Gasteiger partial charge on any atom is 0.237 e. The smallest absolute Gasteiger partial charge is 0.237 e. The number of carbonyl (C=O) groups is 1. The molecule has 1 fully saturated rings. The SMILES string of the molecule is CCc1nsc(SC2CCC(NC(C)C)(C(N)=O)C2)n1. The molecule has 1 heterocycles. The predicted molar refractivity (Wildman–Crippen MR) is 83.0 cm³/mol. The van der Waals surface area contributed by atoms with E-state index in [-0.39, 0.29) is 11.9 Å². The zero-order valence-corrected chi connectivity index (χ0v) is 13.8. The van der Waals surface area contributed by atoms with Gasteiger partial charge in [-0.15, -0.1) is 0 Å². The second-order valence-electron chi connectivity index (χ2n) is 5.56. The van der Waals surface area contributed by atoms with Crippen molar-refractivity contribution in [1.29, 1.82) is 0 Å². The maximum absolute atomic E-state index is 11.8. The Bertz CT molecular complexity index is 477. The van der Waals surface area contributed by atoms with E-state index in [0.717, 1.165) is 35.8 Å². The van der Waals surface area contributed by atoms with Crippen molar-refractivity contribution in [2.45, 2.75) is 67.6 Å². The summed E-state index contributed by atoms with van der Waals surface area (Å²) in [6.45, 7) is 6.14. The van der Waals surface area contributed by atoms with E-state index >= 15 is 0 Å². The summed E-state index contributed by atoms with van der Waals surface area (Å²) in [4.78, 5) is 16.3. The van der Waals surface area contributed by atoms with Crippen LogP contribution in [0.5, 0.6) is 0 Å². The standard InChI is InChI=1S/C13H22N4OS2/c1-4-10-15-12(20-17-10)19-9-5-6-13(7-9,11(14)18)16-8(2)3/h8-9,16H,4-7H2,1-3H3,(H2,14,18). The van der Waals surface area contributed by atoms with Crippen LogP contribution in [-0.2, 0) is 11.2 Å². The average Bonchev–Trinajstić information content (AvgIpc) is 2.97. The van der Waals surface area contributed by atoms with Gasteiger partial charge in [-0.25, -0.2) is 4.98 Å². The molecule has 1 aromatic heterocycles. The molecule has 0 aromatic carbocycles. The van der Waals surface area contributed by atoms with Gasteiger partial charge in [0.25, 0.3) is 0 Å². The molecule has 0 bridgehead atoms. The molecule has 0 aliphatic heterocycles. The van der Waals surface area contributed by atoms with Gasteiger partial charge < -0.3 is 11.1 Å². The minimum absolute atomic E-state index is 0.235. The molecule has 2 unspecified atom stereocenters. The van der Waals surface area contributed by atoms with Gasteiger partial charge in [0.15, 0.2) is 4.34 Å². The van der Waals surface area contributed by atoms with Crippen LogP contribution < -0.4 is 11.1 Å². The minimum Gasteiger partial charge on any atom is -0.368 e. The number of nitrogens with one attached hydrogen (secondary N) is 1. The number of thioether (sulfide) groups is 1. The lowest BCUT2D eigenvalue weighted by molar-refractivity contribution is -0.124. The quantitative estimate of drug-likeness (QED) is 0.839. The minimum atomic E-state index is -0.551. The number of amides is 1. The summed E-state index contributed by atoms with van der Waals surface area (Å²) in [5.74, 6) is 0.665. The van der Waals surface area contributed by atoms with Crippen LogP contribution in [0, 0.1) is 0 Å². The van der Waals surface area contributed by atoms with E-state index in [4.69, 9.17) is 5.73 Å². The van der Waals surface area contributed by atoms with E-state index in [0.29, 0.717) is 5.25 Å². The van der Waals surface area contributed by atoms with Crippen LogP contribution in [0.4, 0.5) is 0 Å². The zero-order chi connectivity index (χ0) is 14.8. The summed E-state index contributed by atoms with van der Waals surface area (Å²) in [6, 6.07) is 0.250. The topological polar surface area (TPSA) is 80.9 Å². The van der Waals surface area contributed by atoms with Gasteiger partial charge >= 0.3 is 0 Å². The van der Waals surface area contributed by atoms with E-state index < -0.39 is 5.54 Å². The first-order valence-electron chi connectivity index (χ1n) is 7.02. The second-order valence-corrected chi connectivity index (χ2v) is 7.86. The third kappa shape index (κ3) is 3.51. The van der Waals surface area contributed by atoms with Gasteiger partial charge in [0.05, 0.1) is 5.54 Å². The molecular weight excluding hydrogens is 292 g/mol. The van der Waals surface area contributed by atoms with Crippen molar-refractivity contribution in [2.75, 3.05) is 0 Å². The molecule has 2 atom stereocenters. The Morgan fingerprint density at radius 3 is 2.95 bits per heavy atom. The Balaban J connectivity index is 2.01. The Morgan fingerprint density at radius 1 is 1.65 bits per heavy atom. The third-order valence-electron chi connectivity index (χ3n) is 3.54. The molecule has 1 saturated carbocycles. The molecule has 3 N–H and O–H groups in total. The Morgan fingerprint density at radius 2 is 2.40 bits per heavy atom. The van der Waals surface area contributed by atoms with Gasteiger partial charge in [-0.1, -0.05) is 18.7 Å². The van der Waals surface area contributed by atoms with Crippen molar-refractivity contribution in [3.05, 3.63) is 5.82 Å². The number of carbonyl (C=O) groups excluding carboxylic acids is 1. The first-order chi connectivity index (χ1) is 9.45. The van der Waals surface area contributed by atoms with Crippen LogP contribution >= 0.6 is 23.3 Å². The van der Waals surface area contributed by atoms with Crippen LogP contribution in [0.15, 0.2) is 4.34 Å². The Kier molecular flexibility index (Phi) is 5.04. The highest BCUT2D eigenvalue weighted by Gasteiger charge is 2.44. The van der Waals surface area contributed by atoms with Crippen molar-refractivity contribution < 1.29 is 4.79 Å². The van der Waals surface area contributed by atoms with Gasteiger partial charge in [-0.2, -0.15) is 4.37 Å². The summed E-state index contributed by atoms with van der Waals surface area (Å²) >= 11 is 3.18. The summed E-state index contributed by atoms with van der Waals surface area (Å²) in [7, 11) is 0. The van der Waals surface area contributed by atoms with Crippen LogP contribution in [0.25, 0.3) is 0 Å². The van der Waals surface area contributed by atoms with Gasteiger partial charge in [-0.3, -0.25) is 4.79 Å². The average molecular weight is 314 g/mol. The van der Waals surface area contributed by atoms with Crippen LogP contribution in [0.3, 0.4) is 0 Å². The summed E-state index contributed by atoms with van der Waals surface area (Å²) in [5, 5.41) is 3.75. The predicted octanol–water partition coefficient (Wildman–Crippen LogP) is 1.97. The molecule has 20 heavy (non-hydrogen) atoms. The zero-order valence-electron chi connectivity index (χ0n) is 12.2. The first-order valence-corrected chi connectivity index (χ1v) is 8.67. The Hall–Kier alpha value is -0.660. The van der Waals surface area contributed by atoms with Crippen molar-refractivity contribution in [3.63, 3.8) is 0 Å².